The summed E-state index contributed by atoms with van der Waals surface area (Å²) in [6.07, 6.45) is 3.99. The lowest BCUT2D eigenvalue weighted by Crippen LogP contribution is -2.47. The first-order valence-electron chi connectivity index (χ1n) is 5.95. The standard InChI is InChI=1S/C11H22N2O/c1-2-11-9-14-8-7-13(11)6-5-12-10-3-4-10/h10-12H,2-9H2,1H3. The topological polar surface area (TPSA) is 24.5 Å². The second-order valence-electron chi connectivity index (χ2n) is 4.40. The van der Waals surface area contributed by atoms with E-state index in [1.165, 1.54) is 25.8 Å². The third-order valence-electron chi connectivity index (χ3n) is 3.23. The van der Waals surface area contributed by atoms with Crippen molar-refractivity contribution in [3.63, 3.8) is 0 Å². The Morgan fingerprint density at radius 2 is 2.29 bits per heavy atom. The number of ether oxygens (including phenoxy) is 1. The third-order valence-corrected chi connectivity index (χ3v) is 3.23. The van der Waals surface area contributed by atoms with E-state index in [2.05, 4.69) is 17.1 Å². The summed E-state index contributed by atoms with van der Waals surface area (Å²) in [6, 6.07) is 1.50. The van der Waals surface area contributed by atoms with Crippen LogP contribution in [0.15, 0.2) is 0 Å². The molecule has 2 rings (SSSR count). The fraction of sp³-hybridized carbons (Fsp3) is 1.00. The van der Waals surface area contributed by atoms with Crippen LogP contribution in [-0.2, 0) is 4.74 Å². The summed E-state index contributed by atoms with van der Waals surface area (Å²) in [5.74, 6) is 0. The second-order valence-corrected chi connectivity index (χ2v) is 4.40. The summed E-state index contributed by atoms with van der Waals surface area (Å²) in [6.45, 7) is 7.56. The minimum atomic E-state index is 0.657. The maximum Gasteiger partial charge on any atom is 0.0622 e. The van der Waals surface area contributed by atoms with Crippen LogP contribution in [0.4, 0.5) is 0 Å². The molecule has 1 aliphatic heterocycles. The average Bonchev–Trinajstić information content (AvgIpc) is 3.03. The first-order chi connectivity index (χ1) is 6.90. The molecule has 0 spiro atoms. The van der Waals surface area contributed by atoms with Crippen molar-refractivity contribution in [2.24, 2.45) is 0 Å². The van der Waals surface area contributed by atoms with E-state index in [-0.39, 0.29) is 0 Å². The first-order valence-corrected chi connectivity index (χ1v) is 5.95. The van der Waals surface area contributed by atoms with E-state index < -0.39 is 0 Å². The Balaban J connectivity index is 1.64. The molecule has 14 heavy (non-hydrogen) atoms. The maximum absolute atomic E-state index is 5.48. The fourth-order valence-electron chi connectivity index (χ4n) is 2.06. The summed E-state index contributed by atoms with van der Waals surface area (Å²) in [4.78, 5) is 2.57. The van der Waals surface area contributed by atoms with Crippen molar-refractivity contribution in [1.29, 1.82) is 0 Å². The Kier molecular flexibility index (Phi) is 3.79. The summed E-state index contributed by atoms with van der Waals surface area (Å²) >= 11 is 0. The SMILES string of the molecule is CCC1COCCN1CCNC1CC1. The zero-order chi connectivity index (χ0) is 9.80. The molecule has 82 valence electrons. The van der Waals surface area contributed by atoms with Gasteiger partial charge in [0.25, 0.3) is 0 Å². The van der Waals surface area contributed by atoms with Crippen LogP contribution in [0.25, 0.3) is 0 Å². The predicted molar refractivity (Wildman–Crippen MR) is 57.5 cm³/mol. The van der Waals surface area contributed by atoms with E-state index in [1.807, 2.05) is 0 Å². The quantitative estimate of drug-likeness (QED) is 0.709. The Hall–Kier alpha value is -0.120. The lowest BCUT2D eigenvalue weighted by molar-refractivity contribution is -0.00786. The highest BCUT2D eigenvalue weighted by molar-refractivity contribution is 4.82. The van der Waals surface area contributed by atoms with Crippen LogP contribution in [0.1, 0.15) is 26.2 Å². The van der Waals surface area contributed by atoms with Gasteiger partial charge in [0.15, 0.2) is 0 Å². The number of morpholine rings is 1. The monoisotopic (exact) mass is 198 g/mol. The van der Waals surface area contributed by atoms with Gasteiger partial charge < -0.3 is 10.1 Å². The van der Waals surface area contributed by atoms with Gasteiger partial charge in [-0.15, -0.1) is 0 Å². The van der Waals surface area contributed by atoms with Crippen molar-refractivity contribution in [3.8, 4) is 0 Å². The minimum Gasteiger partial charge on any atom is -0.378 e. The molecule has 1 unspecified atom stereocenters. The van der Waals surface area contributed by atoms with Gasteiger partial charge in [0.2, 0.25) is 0 Å². The van der Waals surface area contributed by atoms with Crippen LogP contribution in [0.5, 0.6) is 0 Å². The van der Waals surface area contributed by atoms with Gasteiger partial charge in [-0.2, -0.15) is 0 Å². The van der Waals surface area contributed by atoms with E-state index in [9.17, 15) is 0 Å². The van der Waals surface area contributed by atoms with Gasteiger partial charge in [-0.1, -0.05) is 6.92 Å². The number of rotatable bonds is 5. The summed E-state index contributed by atoms with van der Waals surface area (Å²) in [7, 11) is 0. The lowest BCUT2D eigenvalue weighted by Gasteiger charge is -2.35. The summed E-state index contributed by atoms with van der Waals surface area (Å²) in [5.41, 5.74) is 0. The molecule has 1 heterocycles. The Morgan fingerprint density at radius 3 is 3.00 bits per heavy atom. The van der Waals surface area contributed by atoms with Crippen LogP contribution in [-0.4, -0.2) is 49.8 Å². The maximum atomic E-state index is 5.48. The van der Waals surface area contributed by atoms with Crippen LogP contribution < -0.4 is 5.32 Å². The van der Waals surface area contributed by atoms with E-state index in [1.54, 1.807) is 0 Å². The molecule has 0 bridgehead atoms. The molecule has 1 aliphatic carbocycles. The smallest absolute Gasteiger partial charge is 0.0622 e. The fourth-order valence-corrected chi connectivity index (χ4v) is 2.06. The van der Waals surface area contributed by atoms with Gasteiger partial charge in [0.1, 0.15) is 0 Å². The van der Waals surface area contributed by atoms with Crippen molar-refractivity contribution < 1.29 is 4.74 Å². The van der Waals surface area contributed by atoms with Gasteiger partial charge in [-0.3, -0.25) is 4.90 Å². The van der Waals surface area contributed by atoms with Crippen molar-refractivity contribution in [3.05, 3.63) is 0 Å². The normalized spacial score (nSPS) is 29.4. The molecular weight excluding hydrogens is 176 g/mol. The zero-order valence-corrected chi connectivity index (χ0v) is 9.17. The zero-order valence-electron chi connectivity index (χ0n) is 9.17. The van der Waals surface area contributed by atoms with Crippen LogP contribution >= 0.6 is 0 Å². The van der Waals surface area contributed by atoms with E-state index in [0.29, 0.717) is 6.04 Å². The minimum absolute atomic E-state index is 0.657. The third kappa shape index (κ3) is 2.94. The van der Waals surface area contributed by atoms with Gasteiger partial charge in [-0.05, 0) is 19.3 Å². The van der Waals surface area contributed by atoms with E-state index in [0.717, 1.165) is 32.3 Å². The van der Waals surface area contributed by atoms with Crippen molar-refractivity contribution in [2.45, 2.75) is 38.3 Å². The van der Waals surface area contributed by atoms with Crippen LogP contribution in [0.2, 0.25) is 0 Å². The number of nitrogens with zero attached hydrogens (tertiary/aromatic N) is 1. The molecule has 0 aromatic rings. The molecule has 0 radical (unpaired) electrons. The molecule has 1 atom stereocenters. The van der Waals surface area contributed by atoms with Gasteiger partial charge in [0.05, 0.1) is 13.2 Å². The summed E-state index contributed by atoms with van der Waals surface area (Å²) < 4.78 is 5.48. The molecule has 1 saturated heterocycles. The van der Waals surface area contributed by atoms with Crippen molar-refractivity contribution in [1.82, 2.24) is 10.2 Å². The molecule has 0 aromatic carbocycles. The largest absolute Gasteiger partial charge is 0.378 e. The molecular formula is C11H22N2O. The van der Waals surface area contributed by atoms with Gasteiger partial charge in [-0.25, -0.2) is 0 Å². The molecule has 2 fully saturated rings. The van der Waals surface area contributed by atoms with Crippen LogP contribution in [0, 0.1) is 0 Å². The highest BCUT2D eigenvalue weighted by Gasteiger charge is 2.23. The Bertz CT molecular complexity index is 171. The number of nitrogens with one attached hydrogen (secondary N) is 1. The van der Waals surface area contributed by atoms with Crippen molar-refractivity contribution in [2.75, 3.05) is 32.8 Å². The highest BCUT2D eigenvalue weighted by Crippen LogP contribution is 2.18. The average molecular weight is 198 g/mol. The first kappa shape index (κ1) is 10.4. The van der Waals surface area contributed by atoms with Crippen LogP contribution in [0.3, 0.4) is 0 Å². The van der Waals surface area contributed by atoms with E-state index in [4.69, 9.17) is 4.74 Å². The highest BCUT2D eigenvalue weighted by atomic mass is 16.5. The predicted octanol–water partition coefficient (Wildman–Crippen LogP) is 0.849. The summed E-state index contributed by atoms with van der Waals surface area (Å²) in [5, 5.41) is 3.57. The number of hydrogen-bond acceptors (Lipinski definition) is 3. The number of hydrogen-bond donors (Lipinski definition) is 1. The molecule has 0 aromatic heterocycles. The van der Waals surface area contributed by atoms with E-state index >= 15 is 0 Å². The Morgan fingerprint density at radius 1 is 1.43 bits per heavy atom. The molecule has 0 amide bonds. The molecule has 3 heteroatoms. The van der Waals surface area contributed by atoms with Gasteiger partial charge >= 0.3 is 0 Å². The van der Waals surface area contributed by atoms with Crippen molar-refractivity contribution >= 4 is 0 Å². The Labute approximate surface area is 86.8 Å². The second kappa shape index (κ2) is 5.10. The lowest BCUT2D eigenvalue weighted by atomic mass is 10.2. The molecule has 3 nitrogen and oxygen atoms in total. The van der Waals surface area contributed by atoms with Gasteiger partial charge in [0, 0.05) is 31.7 Å². The molecule has 1 saturated carbocycles. The molecule has 1 N–H and O–H groups in total. The molecule has 2 aliphatic rings.